The van der Waals surface area contributed by atoms with E-state index in [0.717, 1.165) is 12.8 Å². The van der Waals surface area contributed by atoms with Crippen molar-refractivity contribution in [2.45, 2.75) is 26.7 Å². The van der Waals surface area contributed by atoms with Gasteiger partial charge in [0.15, 0.2) is 11.5 Å². The van der Waals surface area contributed by atoms with Gasteiger partial charge in [-0.15, -0.1) is 0 Å². The minimum absolute atomic E-state index is 0.174. The van der Waals surface area contributed by atoms with Crippen LogP contribution in [0.1, 0.15) is 37.0 Å². The number of nitrogens with zero attached hydrogens (tertiary/aromatic N) is 2. The molecule has 1 aromatic carbocycles. The molecule has 0 radical (unpaired) electrons. The van der Waals surface area contributed by atoms with E-state index < -0.39 is 10.2 Å². The summed E-state index contributed by atoms with van der Waals surface area (Å²) in [5.74, 6) is 1.26. The normalized spacial score (nSPS) is 16.2. The molecule has 1 aromatic rings. The van der Waals surface area contributed by atoms with Crippen LogP contribution >= 0.6 is 0 Å². The second-order valence-electron chi connectivity index (χ2n) is 6.87. The number of hydrogen-bond acceptors (Lipinski definition) is 5. The van der Waals surface area contributed by atoms with Crippen molar-refractivity contribution in [3.8, 4) is 11.5 Å². The highest BCUT2D eigenvalue weighted by Crippen LogP contribution is 2.28. The molecule has 9 heteroatoms. The highest BCUT2D eigenvalue weighted by molar-refractivity contribution is 7.86. The maximum absolute atomic E-state index is 12.5. The first-order valence-electron chi connectivity index (χ1n) is 9.65. The zero-order valence-corrected chi connectivity index (χ0v) is 17.9. The fraction of sp³-hybridized carbons (Fsp3) is 0.632. The summed E-state index contributed by atoms with van der Waals surface area (Å²) < 4.78 is 38.1. The topological polar surface area (TPSA) is 88.2 Å². The van der Waals surface area contributed by atoms with E-state index >= 15 is 0 Å². The number of piperidine rings is 1. The SMILES string of the molecule is CCOc1ccc(C(=O)NCC2CCN(S(=O)(=O)N(C)C)CC2)cc1OCC. The van der Waals surface area contributed by atoms with Crippen LogP contribution in [0.2, 0.25) is 0 Å². The number of carbonyl (C=O) groups is 1. The van der Waals surface area contributed by atoms with Gasteiger partial charge in [-0.3, -0.25) is 4.79 Å². The Labute approximate surface area is 168 Å². The lowest BCUT2D eigenvalue weighted by atomic mass is 9.98. The largest absolute Gasteiger partial charge is 0.490 e. The first-order valence-corrected chi connectivity index (χ1v) is 11.0. The van der Waals surface area contributed by atoms with E-state index in [0.29, 0.717) is 49.9 Å². The molecule has 0 bridgehead atoms. The van der Waals surface area contributed by atoms with Gasteiger partial charge < -0.3 is 14.8 Å². The molecular formula is C19H31N3O5S. The number of rotatable bonds is 9. The Bertz CT molecular complexity index is 759. The van der Waals surface area contributed by atoms with E-state index in [1.807, 2.05) is 13.8 Å². The van der Waals surface area contributed by atoms with Crippen LogP contribution in [-0.2, 0) is 10.2 Å². The Balaban J connectivity index is 1.90. The summed E-state index contributed by atoms with van der Waals surface area (Å²) in [6.45, 7) is 6.24. The molecule has 28 heavy (non-hydrogen) atoms. The summed E-state index contributed by atoms with van der Waals surface area (Å²) in [7, 11) is -0.290. The van der Waals surface area contributed by atoms with E-state index in [4.69, 9.17) is 9.47 Å². The summed E-state index contributed by atoms with van der Waals surface area (Å²) in [6.07, 6.45) is 1.45. The molecule has 1 N–H and O–H groups in total. The molecule has 1 fully saturated rings. The number of carbonyl (C=O) groups excluding carboxylic acids is 1. The van der Waals surface area contributed by atoms with Crippen molar-refractivity contribution in [3.05, 3.63) is 23.8 Å². The summed E-state index contributed by atoms with van der Waals surface area (Å²) in [5, 5.41) is 2.95. The van der Waals surface area contributed by atoms with Gasteiger partial charge in [0.25, 0.3) is 16.1 Å². The lowest BCUT2D eigenvalue weighted by molar-refractivity contribution is 0.0940. The average molecular weight is 414 g/mol. The van der Waals surface area contributed by atoms with Crippen molar-refractivity contribution in [2.75, 3.05) is 46.9 Å². The molecule has 0 unspecified atom stereocenters. The zero-order chi connectivity index (χ0) is 20.7. The predicted molar refractivity (Wildman–Crippen MR) is 108 cm³/mol. The minimum Gasteiger partial charge on any atom is -0.490 e. The molecule has 0 aliphatic carbocycles. The third-order valence-electron chi connectivity index (χ3n) is 4.72. The number of ether oxygens (including phenoxy) is 2. The Morgan fingerprint density at radius 1 is 1.14 bits per heavy atom. The maximum atomic E-state index is 12.5. The second kappa shape index (κ2) is 10.1. The number of amides is 1. The smallest absolute Gasteiger partial charge is 0.281 e. The van der Waals surface area contributed by atoms with Gasteiger partial charge in [0, 0.05) is 39.3 Å². The van der Waals surface area contributed by atoms with Gasteiger partial charge in [0.1, 0.15) is 0 Å². The van der Waals surface area contributed by atoms with Gasteiger partial charge in [0.05, 0.1) is 13.2 Å². The third-order valence-corrected chi connectivity index (χ3v) is 6.66. The predicted octanol–water partition coefficient (Wildman–Crippen LogP) is 1.73. The van der Waals surface area contributed by atoms with E-state index in [2.05, 4.69) is 5.32 Å². The quantitative estimate of drug-likeness (QED) is 0.666. The second-order valence-corrected chi connectivity index (χ2v) is 9.01. The fourth-order valence-electron chi connectivity index (χ4n) is 3.11. The van der Waals surface area contributed by atoms with Crippen LogP contribution in [0.4, 0.5) is 0 Å². The van der Waals surface area contributed by atoms with Crippen molar-refractivity contribution in [1.82, 2.24) is 13.9 Å². The molecule has 1 saturated heterocycles. The Morgan fingerprint density at radius 2 is 1.75 bits per heavy atom. The summed E-state index contributed by atoms with van der Waals surface area (Å²) in [5.41, 5.74) is 0.513. The minimum atomic E-state index is -3.36. The van der Waals surface area contributed by atoms with Crippen LogP contribution in [0.25, 0.3) is 0 Å². The highest BCUT2D eigenvalue weighted by atomic mass is 32.2. The van der Waals surface area contributed by atoms with Crippen molar-refractivity contribution < 1.29 is 22.7 Å². The first-order chi connectivity index (χ1) is 13.3. The zero-order valence-electron chi connectivity index (χ0n) is 17.1. The van der Waals surface area contributed by atoms with Gasteiger partial charge in [-0.1, -0.05) is 0 Å². The van der Waals surface area contributed by atoms with Crippen molar-refractivity contribution in [1.29, 1.82) is 0 Å². The van der Waals surface area contributed by atoms with Crippen LogP contribution in [0.5, 0.6) is 11.5 Å². The summed E-state index contributed by atoms with van der Waals surface area (Å²) >= 11 is 0. The van der Waals surface area contributed by atoms with Gasteiger partial charge >= 0.3 is 0 Å². The van der Waals surface area contributed by atoms with Crippen LogP contribution in [0.15, 0.2) is 18.2 Å². The third kappa shape index (κ3) is 5.59. The number of benzene rings is 1. The average Bonchev–Trinajstić information content (AvgIpc) is 2.68. The van der Waals surface area contributed by atoms with Crippen molar-refractivity contribution in [3.63, 3.8) is 0 Å². The van der Waals surface area contributed by atoms with Crippen LogP contribution < -0.4 is 14.8 Å². The molecule has 2 rings (SSSR count). The molecule has 0 saturated carbocycles. The molecule has 1 aliphatic rings. The van der Waals surface area contributed by atoms with Crippen molar-refractivity contribution in [2.24, 2.45) is 5.92 Å². The Kier molecular flexibility index (Phi) is 8.09. The number of nitrogens with one attached hydrogen (secondary N) is 1. The molecule has 0 atom stereocenters. The van der Waals surface area contributed by atoms with Gasteiger partial charge in [-0.2, -0.15) is 17.0 Å². The standard InChI is InChI=1S/C19H31N3O5S/c1-5-26-17-8-7-16(13-18(17)27-6-2)19(23)20-14-15-9-11-22(12-10-15)28(24,25)21(3)4/h7-8,13,15H,5-6,9-12,14H2,1-4H3,(H,20,23). The highest BCUT2D eigenvalue weighted by Gasteiger charge is 2.29. The van der Waals surface area contributed by atoms with Crippen LogP contribution in [0.3, 0.4) is 0 Å². The van der Waals surface area contributed by atoms with Gasteiger partial charge in [-0.25, -0.2) is 0 Å². The van der Waals surface area contributed by atoms with E-state index in [9.17, 15) is 13.2 Å². The number of hydrogen-bond donors (Lipinski definition) is 1. The molecule has 8 nitrogen and oxygen atoms in total. The van der Waals surface area contributed by atoms with E-state index in [1.165, 1.54) is 22.7 Å². The van der Waals surface area contributed by atoms with Crippen molar-refractivity contribution >= 4 is 16.1 Å². The fourth-order valence-corrected chi connectivity index (χ4v) is 4.24. The molecule has 1 heterocycles. The molecule has 0 aromatic heterocycles. The summed E-state index contributed by atoms with van der Waals surface area (Å²) in [6, 6.07) is 5.15. The summed E-state index contributed by atoms with van der Waals surface area (Å²) in [4.78, 5) is 12.5. The van der Waals surface area contributed by atoms with E-state index in [-0.39, 0.29) is 11.8 Å². The molecule has 158 valence electrons. The monoisotopic (exact) mass is 413 g/mol. The first kappa shape index (κ1) is 22.4. The Hall–Kier alpha value is -1.84. The lowest BCUT2D eigenvalue weighted by Crippen LogP contribution is -2.45. The maximum Gasteiger partial charge on any atom is 0.281 e. The molecule has 1 aliphatic heterocycles. The van der Waals surface area contributed by atoms with Crippen LogP contribution in [0, 0.1) is 5.92 Å². The molecule has 0 spiro atoms. The van der Waals surface area contributed by atoms with E-state index in [1.54, 1.807) is 18.2 Å². The lowest BCUT2D eigenvalue weighted by Gasteiger charge is -2.32. The Morgan fingerprint density at radius 3 is 2.32 bits per heavy atom. The molecular weight excluding hydrogens is 382 g/mol. The molecule has 1 amide bonds. The van der Waals surface area contributed by atoms with Gasteiger partial charge in [0.2, 0.25) is 0 Å². The van der Waals surface area contributed by atoms with Gasteiger partial charge in [-0.05, 0) is 50.8 Å². The van der Waals surface area contributed by atoms with Crippen LogP contribution in [-0.4, -0.2) is 69.9 Å².